The predicted molar refractivity (Wildman–Crippen MR) is 123 cm³/mol. The van der Waals surface area contributed by atoms with Gasteiger partial charge >= 0.3 is 0 Å². The molecule has 0 spiro atoms. The van der Waals surface area contributed by atoms with Gasteiger partial charge in [0.05, 0.1) is 10.8 Å². The standard InChI is InChI=1S/C23H28ClN5OS/c1-2-5-29-20(12-23-9-15-6-16(10-23)8-17(7-15)11-23)27-28-22(29)31-14-21(30)26-19-4-3-18(24)13-25-19/h2-4,13,15-17H,1,5-12,14H2,(H,25,26,30). The molecular weight excluding hydrogens is 430 g/mol. The number of halogens is 1. The predicted octanol–water partition coefficient (Wildman–Crippen LogP) is 5.00. The van der Waals surface area contributed by atoms with E-state index in [0.717, 1.165) is 35.2 Å². The van der Waals surface area contributed by atoms with Gasteiger partial charge in [0.15, 0.2) is 5.16 Å². The Morgan fingerprint density at radius 1 is 1.23 bits per heavy atom. The molecule has 164 valence electrons. The molecule has 8 heteroatoms. The summed E-state index contributed by atoms with van der Waals surface area (Å²) in [6, 6.07) is 3.39. The molecule has 4 saturated carbocycles. The molecule has 4 aliphatic rings. The number of nitrogens with zero attached hydrogens (tertiary/aromatic N) is 4. The normalized spacial score (nSPS) is 28.6. The lowest BCUT2D eigenvalue weighted by Gasteiger charge is -2.56. The topological polar surface area (TPSA) is 72.7 Å². The molecule has 2 aromatic heterocycles. The van der Waals surface area contributed by atoms with E-state index in [1.54, 1.807) is 12.1 Å². The van der Waals surface area contributed by atoms with Crippen LogP contribution in [-0.2, 0) is 17.8 Å². The van der Waals surface area contributed by atoms with Gasteiger partial charge in [0, 0.05) is 19.2 Å². The summed E-state index contributed by atoms with van der Waals surface area (Å²) in [6.07, 6.45) is 12.8. The van der Waals surface area contributed by atoms with Crippen LogP contribution >= 0.6 is 23.4 Å². The molecule has 6 rings (SSSR count). The Morgan fingerprint density at radius 3 is 2.55 bits per heavy atom. The zero-order chi connectivity index (χ0) is 21.4. The van der Waals surface area contributed by atoms with Crippen LogP contribution in [0.25, 0.3) is 0 Å². The van der Waals surface area contributed by atoms with Crippen molar-refractivity contribution in [1.82, 2.24) is 19.7 Å². The highest BCUT2D eigenvalue weighted by Crippen LogP contribution is 2.61. The monoisotopic (exact) mass is 457 g/mol. The Labute approximate surface area is 192 Å². The minimum atomic E-state index is -0.129. The van der Waals surface area contributed by atoms with Gasteiger partial charge in [-0.3, -0.25) is 4.79 Å². The minimum Gasteiger partial charge on any atom is -0.310 e. The molecule has 6 nitrogen and oxygen atoms in total. The summed E-state index contributed by atoms with van der Waals surface area (Å²) < 4.78 is 2.14. The summed E-state index contributed by atoms with van der Waals surface area (Å²) in [5, 5.41) is 13.1. The maximum Gasteiger partial charge on any atom is 0.236 e. The molecule has 4 bridgehead atoms. The van der Waals surface area contributed by atoms with Crippen LogP contribution in [-0.4, -0.2) is 31.4 Å². The lowest BCUT2D eigenvalue weighted by Crippen LogP contribution is -2.47. The van der Waals surface area contributed by atoms with Crippen LogP contribution in [0.1, 0.15) is 44.3 Å². The number of pyridine rings is 1. The fraction of sp³-hybridized carbons (Fsp3) is 0.565. The van der Waals surface area contributed by atoms with Crippen molar-refractivity contribution < 1.29 is 4.79 Å². The summed E-state index contributed by atoms with van der Waals surface area (Å²) in [6.45, 7) is 4.58. The molecule has 31 heavy (non-hydrogen) atoms. The van der Waals surface area contributed by atoms with Gasteiger partial charge in [0.2, 0.25) is 5.91 Å². The van der Waals surface area contributed by atoms with Crippen molar-refractivity contribution in [2.24, 2.45) is 23.2 Å². The number of hydrogen-bond acceptors (Lipinski definition) is 5. The van der Waals surface area contributed by atoms with Crippen molar-refractivity contribution in [2.75, 3.05) is 11.1 Å². The third kappa shape index (κ3) is 4.53. The maximum atomic E-state index is 12.4. The van der Waals surface area contributed by atoms with Crippen LogP contribution in [0.3, 0.4) is 0 Å². The van der Waals surface area contributed by atoms with E-state index in [1.807, 2.05) is 6.08 Å². The highest BCUT2D eigenvalue weighted by Gasteiger charge is 2.51. The third-order valence-corrected chi connectivity index (χ3v) is 8.32. The van der Waals surface area contributed by atoms with E-state index < -0.39 is 0 Å². The molecular formula is C23H28ClN5OS. The summed E-state index contributed by atoms with van der Waals surface area (Å²) in [4.78, 5) is 16.5. The number of aromatic nitrogens is 4. The summed E-state index contributed by atoms with van der Waals surface area (Å²) in [7, 11) is 0. The van der Waals surface area contributed by atoms with Crippen LogP contribution < -0.4 is 5.32 Å². The van der Waals surface area contributed by atoms with Gasteiger partial charge in [0.1, 0.15) is 11.6 Å². The molecule has 0 unspecified atom stereocenters. The summed E-state index contributed by atoms with van der Waals surface area (Å²) in [5.41, 5.74) is 0.403. The summed E-state index contributed by atoms with van der Waals surface area (Å²) in [5.74, 6) is 4.41. The molecule has 2 aromatic rings. The Morgan fingerprint density at radius 2 is 1.94 bits per heavy atom. The Bertz CT molecular complexity index is 938. The molecule has 4 aliphatic carbocycles. The van der Waals surface area contributed by atoms with E-state index in [9.17, 15) is 4.79 Å². The van der Waals surface area contributed by atoms with Crippen LogP contribution in [0.2, 0.25) is 5.02 Å². The molecule has 0 radical (unpaired) electrons. The average molecular weight is 458 g/mol. The van der Waals surface area contributed by atoms with E-state index in [4.69, 9.17) is 11.6 Å². The van der Waals surface area contributed by atoms with E-state index in [-0.39, 0.29) is 11.7 Å². The van der Waals surface area contributed by atoms with Gasteiger partial charge in [-0.25, -0.2) is 4.98 Å². The number of anilines is 1. The van der Waals surface area contributed by atoms with E-state index in [1.165, 1.54) is 56.5 Å². The van der Waals surface area contributed by atoms with Crippen LogP contribution in [0.5, 0.6) is 0 Å². The van der Waals surface area contributed by atoms with Crippen LogP contribution in [0, 0.1) is 23.2 Å². The SMILES string of the molecule is C=CCn1c(CC23CC4CC(CC(C4)C2)C3)nnc1SCC(=O)Nc1ccc(Cl)cn1. The van der Waals surface area contributed by atoms with E-state index >= 15 is 0 Å². The van der Waals surface area contributed by atoms with Crippen molar-refractivity contribution in [3.63, 3.8) is 0 Å². The third-order valence-electron chi connectivity index (χ3n) is 7.13. The highest BCUT2D eigenvalue weighted by atomic mass is 35.5. The van der Waals surface area contributed by atoms with Gasteiger partial charge in [-0.15, -0.1) is 16.8 Å². The average Bonchev–Trinajstić information content (AvgIpc) is 3.08. The van der Waals surface area contributed by atoms with Gasteiger partial charge in [0.25, 0.3) is 0 Å². The molecule has 0 aliphatic heterocycles. The van der Waals surface area contributed by atoms with Crippen molar-refractivity contribution in [1.29, 1.82) is 0 Å². The zero-order valence-electron chi connectivity index (χ0n) is 17.6. The van der Waals surface area contributed by atoms with Crippen molar-refractivity contribution in [3.8, 4) is 0 Å². The smallest absolute Gasteiger partial charge is 0.236 e. The number of carbonyl (C=O) groups excluding carboxylic acids is 1. The fourth-order valence-electron chi connectivity index (χ4n) is 6.47. The van der Waals surface area contributed by atoms with Gasteiger partial charge in [-0.1, -0.05) is 29.4 Å². The first-order valence-corrected chi connectivity index (χ1v) is 12.5. The number of rotatable bonds is 8. The Kier molecular flexibility index (Phi) is 5.82. The molecule has 1 N–H and O–H groups in total. The van der Waals surface area contributed by atoms with Crippen molar-refractivity contribution in [3.05, 3.63) is 41.8 Å². The van der Waals surface area contributed by atoms with Gasteiger partial charge < -0.3 is 9.88 Å². The maximum absolute atomic E-state index is 12.4. The van der Waals surface area contributed by atoms with E-state index in [0.29, 0.717) is 22.8 Å². The van der Waals surface area contributed by atoms with Gasteiger partial charge in [-0.2, -0.15) is 0 Å². The van der Waals surface area contributed by atoms with Crippen LogP contribution in [0.4, 0.5) is 5.82 Å². The molecule has 0 aromatic carbocycles. The lowest BCUT2D eigenvalue weighted by molar-refractivity contribution is -0.113. The quantitative estimate of drug-likeness (QED) is 0.446. The zero-order valence-corrected chi connectivity index (χ0v) is 19.2. The number of amides is 1. The lowest BCUT2D eigenvalue weighted by atomic mass is 9.49. The molecule has 1 amide bonds. The highest BCUT2D eigenvalue weighted by molar-refractivity contribution is 7.99. The first-order chi connectivity index (χ1) is 15.0. The number of nitrogens with one attached hydrogen (secondary N) is 1. The Balaban J connectivity index is 1.25. The second-order valence-electron chi connectivity index (χ2n) is 9.59. The second kappa shape index (κ2) is 8.58. The van der Waals surface area contributed by atoms with Crippen LogP contribution in [0.15, 0.2) is 36.1 Å². The largest absolute Gasteiger partial charge is 0.310 e. The first kappa shape index (κ1) is 21.0. The van der Waals surface area contributed by atoms with Crippen molar-refractivity contribution >= 4 is 35.1 Å². The van der Waals surface area contributed by atoms with Crippen molar-refractivity contribution in [2.45, 2.75) is 56.6 Å². The summed E-state index contributed by atoms with van der Waals surface area (Å²) >= 11 is 7.25. The number of carbonyl (C=O) groups is 1. The fourth-order valence-corrected chi connectivity index (χ4v) is 7.35. The number of hydrogen-bond donors (Lipinski definition) is 1. The molecule has 4 fully saturated rings. The number of thioether (sulfide) groups is 1. The molecule has 0 saturated heterocycles. The van der Waals surface area contributed by atoms with Gasteiger partial charge in [-0.05, 0) is 73.8 Å². The first-order valence-electron chi connectivity index (χ1n) is 11.1. The molecule has 2 heterocycles. The second-order valence-corrected chi connectivity index (χ2v) is 11.0. The minimum absolute atomic E-state index is 0.129. The van der Waals surface area contributed by atoms with E-state index in [2.05, 4.69) is 31.6 Å². The Hall–Kier alpha value is -1.86. The number of allylic oxidation sites excluding steroid dienone is 1. The molecule has 0 atom stereocenters.